The molecule has 88 valence electrons. The van der Waals surface area contributed by atoms with Crippen molar-refractivity contribution in [2.24, 2.45) is 0 Å². The monoisotopic (exact) mass is 231 g/mol. The van der Waals surface area contributed by atoms with Gasteiger partial charge in [0.2, 0.25) is 0 Å². The van der Waals surface area contributed by atoms with Crippen LogP contribution in [0.15, 0.2) is 48.5 Å². The molecule has 0 heterocycles. The number of rotatable bonds is 4. The zero-order valence-corrected chi connectivity index (χ0v) is 9.61. The highest BCUT2D eigenvalue weighted by Gasteiger charge is 2.03. The topological polar surface area (TPSA) is 21.3 Å². The summed E-state index contributed by atoms with van der Waals surface area (Å²) in [5, 5.41) is 0. The highest BCUT2D eigenvalue weighted by Crippen LogP contribution is 2.25. The van der Waals surface area contributed by atoms with Gasteiger partial charge in [0.25, 0.3) is 0 Å². The number of benzene rings is 2. The molecule has 0 saturated carbocycles. The smallest absolute Gasteiger partial charge is 0.132 e. The second-order valence-corrected chi connectivity index (χ2v) is 3.83. The Kier molecular flexibility index (Phi) is 3.73. The van der Waals surface area contributed by atoms with Gasteiger partial charge in [-0.05, 0) is 25.1 Å². The van der Waals surface area contributed by atoms with Gasteiger partial charge in [-0.15, -0.1) is 4.48 Å². The van der Waals surface area contributed by atoms with Crippen LogP contribution in [0.1, 0.15) is 11.1 Å². The van der Waals surface area contributed by atoms with E-state index in [1.807, 2.05) is 55.5 Å². The first-order chi connectivity index (χ1) is 8.29. The average molecular weight is 231 g/mol. The number of halogens is 1. The number of ether oxygens (including phenoxy) is 1. The molecule has 2 aromatic carbocycles. The number of hydrogen-bond donors (Lipinski definition) is 1. The van der Waals surface area contributed by atoms with Crippen LogP contribution in [-0.2, 0) is 6.54 Å². The summed E-state index contributed by atoms with van der Waals surface area (Å²) in [5.41, 5.74) is 3.60. The fourth-order valence-corrected chi connectivity index (χ4v) is 1.55. The standard InChI is InChI=1S/C14H14FNO/c1-11-6-8-13(9-7-11)17-14-5-3-2-4-12(14)10-16-15/h2-9,16H,10H2,1H3. The van der Waals surface area contributed by atoms with Crippen molar-refractivity contribution in [2.75, 3.05) is 0 Å². The molecule has 0 radical (unpaired) electrons. The van der Waals surface area contributed by atoms with E-state index in [2.05, 4.69) is 0 Å². The van der Waals surface area contributed by atoms with Crippen LogP contribution in [0.5, 0.6) is 11.5 Å². The molecule has 0 aliphatic rings. The molecule has 0 amide bonds. The van der Waals surface area contributed by atoms with Crippen molar-refractivity contribution in [1.82, 2.24) is 5.54 Å². The van der Waals surface area contributed by atoms with Gasteiger partial charge in [-0.1, -0.05) is 35.9 Å². The molecule has 0 unspecified atom stereocenters. The number of hydrogen-bond acceptors (Lipinski definition) is 2. The van der Waals surface area contributed by atoms with Gasteiger partial charge in [0.1, 0.15) is 11.5 Å². The molecule has 1 N–H and O–H groups in total. The molecule has 2 rings (SSSR count). The fourth-order valence-electron chi connectivity index (χ4n) is 1.55. The van der Waals surface area contributed by atoms with Crippen molar-refractivity contribution in [1.29, 1.82) is 0 Å². The molecule has 0 bridgehead atoms. The van der Waals surface area contributed by atoms with Crippen LogP contribution in [-0.4, -0.2) is 0 Å². The minimum Gasteiger partial charge on any atom is -0.457 e. The maximum atomic E-state index is 12.1. The lowest BCUT2D eigenvalue weighted by atomic mass is 10.2. The van der Waals surface area contributed by atoms with Crippen LogP contribution in [0.25, 0.3) is 0 Å². The molecule has 2 nitrogen and oxygen atoms in total. The summed E-state index contributed by atoms with van der Waals surface area (Å²) < 4.78 is 17.9. The Morgan fingerprint density at radius 3 is 2.47 bits per heavy atom. The summed E-state index contributed by atoms with van der Waals surface area (Å²) in [6.45, 7) is 2.16. The van der Waals surface area contributed by atoms with Gasteiger partial charge in [-0.2, -0.15) is 5.54 Å². The van der Waals surface area contributed by atoms with Crippen molar-refractivity contribution in [3.8, 4) is 11.5 Å². The second kappa shape index (κ2) is 5.46. The Labute approximate surface area is 100.0 Å². The van der Waals surface area contributed by atoms with Gasteiger partial charge in [-0.3, -0.25) is 0 Å². The third-order valence-electron chi connectivity index (χ3n) is 2.48. The zero-order chi connectivity index (χ0) is 12.1. The summed E-state index contributed by atoms with van der Waals surface area (Å²) in [7, 11) is 0. The van der Waals surface area contributed by atoms with Gasteiger partial charge in [0.15, 0.2) is 0 Å². The summed E-state index contributed by atoms with van der Waals surface area (Å²) in [6.07, 6.45) is 0. The Hall–Kier alpha value is -1.87. The lowest BCUT2D eigenvalue weighted by molar-refractivity contribution is 0.326. The third kappa shape index (κ3) is 3.04. The average Bonchev–Trinajstić information content (AvgIpc) is 2.35. The molecule has 3 heteroatoms. The van der Waals surface area contributed by atoms with Crippen molar-refractivity contribution < 1.29 is 9.22 Å². The van der Waals surface area contributed by atoms with E-state index in [9.17, 15) is 4.48 Å². The van der Waals surface area contributed by atoms with Crippen LogP contribution in [0, 0.1) is 6.92 Å². The summed E-state index contributed by atoms with van der Waals surface area (Å²) >= 11 is 0. The van der Waals surface area contributed by atoms with E-state index in [1.54, 1.807) is 5.54 Å². The maximum absolute atomic E-state index is 12.1. The van der Waals surface area contributed by atoms with E-state index in [4.69, 9.17) is 4.74 Å². The number of para-hydroxylation sites is 1. The first-order valence-electron chi connectivity index (χ1n) is 5.45. The van der Waals surface area contributed by atoms with E-state index in [1.165, 1.54) is 5.56 Å². The molecule has 17 heavy (non-hydrogen) atoms. The summed E-state index contributed by atoms with van der Waals surface area (Å²) in [5.74, 6) is 1.42. The normalized spacial score (nSPS) is 10.2. The van der Waals surface area contributed by atoms with Crippen molar-refractivity contribution >= 4 is 0 Å². The molecule has 0 atom stereocenters. The van der Waals surface area contributed by atoms with E-state index in [0.29, 0.717) is 5.75 Å². The first-order valence-corrected chi connectivity index (χ1v) is 5.45. The highest BCUT2D eigenvalue weighted by atomic mass is 19.2. The van der Waals surface area contributed by atoms with Crippen LogP contribution in [0.3, 0.4) is 0 Å². The summed E-state index contributed by atoms with van der Waals surface area (Å²) in [6, 6.07) is 15.1. The summed E-state index contributed by atoms with van der Waals surface area (Å²) in [4.78, 5) is 0. The minimum absolute atomic E-state index is 0.141. The third-order valence-corrected chi connectivity index (χ3v) is 2.48. The Morgan fingerprint density at radius 2 is 1.76 bits per heavy atom. The Balaban J connectivity index is 2.20. The Morgan fingerprint density at radius 1 is 1.06 bits per heavy atom. The lowest BCUT2D eigenvalue weighted by Gasteiger charge is -2.10. The van der Waals surface area contributed by atoms with Crippen molar-refractivity contribution in [3.63, 3.8) is 0 Å². The minimum atomic E-state index is 0.141. The number of nitrogens with one attached hydrogen (secondary N) is 1. The van der Waals surface area contributed by atoms with E-state index in [0.717, 1.165) is 11.3 Å². The zero-order valence-electron chi connectivity index (χ0n) is 9.61. The van der Waals surface area contributed by atoms with E-state index >= 15 is 0 Å². The molecule has 0 fully saturated rings. The van der Waals surface area contributed by atoms with Gasteiger partial charge in [0.05, 0.1) is 6.54 Å². The van der Waals surface area contributed by atoms with Crippen molar-refractivity contribution in [3.05, 3.63) is 59.7 Å². The van der Waals surface area contributed by atoms with E-state index < -0.39 is 0 Å². The van der Waals surface area contributed by atoms with Crippen LogP contribution < -0.4 is 10.3 Å². The second-order valence-electron chi connectivity index (χ2n) is 3.83. The van der Waals surface area contributed by atoms with Gasteiger partial charge >= 0.3 is 0 Å². The lowest BCUT2D eigenvalue weighted by Crippen LogP contribution is -2.01. The molecular weight excluding hydrogens is 217 g/mol. The molecular formula is C14H14FNO. The van der Waals surface area contributed by atoms with Crippen LogP contribution >= 0.6 is 0 Å². The van der Waals surface area contributed by atoms with Crippen LogP contribution in [0.4, 0.5) is 4.48 Å². The van der Waals surface area contributed by atoms with Crippen LogP contribution in [0.2, 0.25) is 0 Å². The quantitative estimate of drug-likeness (QED) is 0.809. The highest BCUT2D eigenvalue weighted by molar-refractivity contribution is 5.38. The molecule has 0 aliphatic carbocycles. The molecule has 0 spiro atoms. The number of aryl methyl sites for hydroxylation is 1. The molecule has 0 aliphatic heterocycles. The first kappa shape index (κ1) is 11.6. The van der Waals surface area contributed by atoms with Gasteiger partial charge < -0.3 is 4.74 Å². The van der Waals surface area contributed by atoms with E-state index in [-0.39, 0.29) is 6.54 Å². The van der Waals surface area contributed by atoms with Gasteiger partial charge in [-0.25, -0.2) is 0 Å². The van der Waals surface area contributed by atoms with Crippen molar-refractivity contribution in [2.45, 2.75) is 13.5 Å². The largest absolute Gasteiger partial charge is 0.457 e. The fraction of sp³-hybridized carbons (Fsp3) is 0.143. The Bertz CT molecular complexity index is 482. The molecule has 0 aromatic heterocycles. The predicted molar refractivity (Wildman–Crippen MR) is 65.6 cm³/mol. The molecule has 0 saturated heterocycles. The predicted octanol–water partition coefficient (Wildman–Crippen LogP) is 3.76. The SMILES string of the molecule is Cc1ccc(Oc2ccccc2CNF)cc1. The van der Waals surface area contributed by atoms with Gasteiger partial charge in [0, 0.05) is 5.56 Å². The molecule has 2 aromatic rings. The maximum Gasteiger partial charge on any atom is 0.132 e.